The number of aliphatic hydroxyl groups is 1. The molecule has 0 aromatic carbocycles. The van der Waals surface area contributed by atoms with Crippen LogP contribution in [0.15, 0.2) is 36.5 Å². The molecule has 0 aliphatic carbocycles. The number of aliphatic hydroxyl groups excluding tert-OH is 1. The van der Waals surface area contributed by atoms with Gasteiger partial charge in [-0.3, -0.25) is 9.36 Å². The molecule has 0 aromatic rings. The van der Waals surface area contributed by atoms with Gasteiger partial charge in [0.2, 0.25) is 5.91 Å². The number of hydrogen-bond acceptors (Lipinski definition) is 6. The lowest BCUT2D eigenvalue weighted by molar-refractivity contribution is -0.870. The fourth-order valence-electron chi connectivity index (χ4n) is 8.05. The van der Waals surface area contributed by atoms with Crippen LogP contribution in [0.5, 0.6) is 0 Å². The number of nitrogens with one attached hydrogen (secondary N) is 1. The first-order chi connectivity index (χ1) is 31.0. The lowest BCUT2D eigenvalue weighted by Gasteiger charge is -2.30. The number of rotatable bonds is 50. The van der Waals surface area contributed by atoms with Gasteiger partial charge in [-0.05, 0) is 51.4 Å². The van der Waals surface area contributed by atoms with E-state index >= 15 is 0 Å². The third kappa shape index (κ3) is 48.6. The van der Waals surface area contributed by atoms with Crippen LogP contribution in [0.25, 0.3) is 0 Å². The van der Waals surface area contributed by atoms with Crippen molar-refractivity contribution in [1.82, 2.24) is 5.32 Å². The Labute approximate surface area is 397 Å². The highest BCUT2D eigenvalue weighted by Gasteiger charge is 2.24. The molecule has 0 heterocycles. The molecule has 8 nitrogen and oxygen atoms in total. The summed E-state index contributed by atoms with van der Waals surface area (Å²) in [5.41, 5.74) is 0. The Bertz CT molecular complexity index is 1140. The number of unbranched alkanes of at least 4 members (excludes halogenated alkanes) is 31. The van der Waals surface area contributed by atoms with Gasteiger partial charge in [-0.25, -0.2) is 0 Å². The van der Waals surface area contributed by atoms with Crippen molar-refractivity contribution in [2.45, 2.75) is 270 Å². The first-order valence-electron chi connectivity index (χ1n) is 27.3. The minimum atomic E-state index is -4.58. The van der Waals surface area contributed by atoms with Crippen LogP contribution < -0.4 is 10.2 Å². The smallest absolute Gasteiger partial charge is 0.268 e. The maximum Gasteiger partial charge on any atom is 0.268 e. The predicted octanol–water partition coefficient (Wildman–Crippen LogP) is 15.6. The molecule has 64 heavy (non-hydrogen) atoms. The van der Waals surface area contributed by atoms with E-state index in [4.69, 9.17) is 9.05 Å². The second-order valence-corrected chi connectivity index (χ2v) is 21.4. The molecule has 2 N–H and O–H groups in total. The molecule has 378 valence electrons. The van der Waals surface area contributed by atoms with Crippen LogP contribution in [0.3, 0.4) is 0 Å². The van der Waals surface area contributed by atoms with Crippen LogP contribution in [0.2, 0.25) is 0 Å². The standard InChI is InChI=1S/C55H107N2O6P/c1-6-8-10-12-14-16-18-20-22-24-26-28-30-32-34-36-38-40-42-44-46-48-54(58)53(52-63-64(60,61)62-51-50-57(3,4)5)56-55(59)49-47-45-43-41-39-37-35-33-31-29-27-25-23-21-19-17-15-13-11-9-7-2/h19,21,25,27,31,33,53-54,58H,6-18,20,22-24,26,28-30,32,34-52H2,1-5H3,(H-,56,59,60,61)/b21-19-,27-25-,33-31-. The molecule has 0 bridgehead atoms. The lowest BCUT2D eigenvalue weighted by Crippen LogP contribution is -2.46. The molecule has 1 amide bonds. The second-order valence-electron chi connectivity index (χ2n) is 19.9. The van der Waals surface area contributed by atoms with Crippen LogP contribution >= 0.6 is 7.82 Å². The number of carbonyl (C=O) groups is 1. The van der Waals surface area contributed by atoms with Crippen LogP contribution in [-0.4, -0.2) is 68.5 Å². The molecule has 0 fully saturated rings. The zero-order valence-corrected chi connectivity index (χ0v) is 43.9. The van der Waals surface area contributed by atoms with Gasteiger partial charge >= 0.3 is 0 Å². The summed E-state index contributed by atoms with van der Waals surface area (Å²) in [5.74, 6) is -0.175. The Hall–Kier alpha value is -1.28. The Kier molecular flexibility index (Phi) is 45.9. The molecule has 0 saturated heterocycles. The first kappa shape index (κ1) is 62.7. The summed E-state index contributed by atoms with van der Waals surface area (Å²) in [6.45, 7) is 4.72. The molecule has 0 saturated carbocycles. The molecule has 0 aliphatic rings. The van der Waals surface area contributed by atoms with Gasteiger partial charge in [0.05, 0.1) is 39.9 Å². The Morgan fingerprint density at radius 3 is 1.31 bits per heavy atom. The molecule has 0 aliphatic heterocycles. The van der Waals surface area contributed by atoms with E-state index < -0.39 is 20.0 Å². The van der Waals surface area contributed by atoms with Gasteiger partial charge in [0.1, 0.15) is 13.2 Å². The van der Waals surface area contributed by atoms with E-state index in [1.54, 1.807) is 0 Å². The largest absolute Gasteiger partial charge is 0.756 e. The topological polar surface area (TPSA) is 108 Å². The third-order valence-electron chi connectivity index (χ3n) is 12.4. The monoisotopic (exact) mass is 923 g/mol. The highest BCUT2D eigenvalue weighted by atomic mass is 31.2. The summed E-state index contributed by atoms with van der Waals surface area (Å²) in [4.78, 5) is 25.5. The summed E-state index contributed by atoms with van der Waals surface area (Å²) in [7, 11) is 1.30. The van der Waals surface area contributed by atoms with E-state index in [1.807, 2.05) is 21.1 Å². The quantitative estimate of drug-likeness (QED) is 0.0272. The number of allylic oxidation sites excluding steroid dienone is 6. The highest BCUT2D eigenvalue weighted by Crippen LogP contribution is 2.38. The number of carbonyl (C=O) groups excluding carboxylic acids is 1. The van der Waals surface area contributed by atoms with E-state index in [1.165, 1.54) is 167 Å². The zero-order valence-electron chi connectivity index (χ0n) is 43.0. The number of nitrogens with zero attached hydrogens (tertiary/aromatic N) is 1. The summed E-state index contributed by atoms with van der Waals surface area (Å²) < 4.78 is 23.4. The van der Waals surface area contributed by atoms with Crippen molar-refractivity contribution in [3.05, 3.63) is 36.5 Å². The van der Waals surface area contributed by atoms with Crippen LogP contribution in [0.1, 0.15) is 258 Å². The lowest BCUT2D eigenvalue weighted by atomic mass is 10.0. The fraction of sp³-hybridized carbons (Fsp3) is 0.873. The average Bonchev–Trinajstić information content (AvgIpc) is 3.25. The van der Waals surface area contributed by atoms with Gasteiger partial charge in [-0.1, -0.05) is 237 Å². The van der Waals surface area contributed by atoms with E-state index in [0.717, 1.165) is 64.2 Å². The maximum absolute atomic E-state index is 13.0. The molecule has 0 rings (SSSR count). The number of amides is 1. The minimum Gasteiger partial charge on any atom is -0.756 e. The number of phosphoric acid groups is 1. The van der Waals surface area contributed by atoms with Crippen LogP contribution in [0.4, 0.5) is 0 Å². The second kappa shape index (κ2) is 46.8. The van der Waals surface area contributed by atoms with E-state index in [2.05, 4.69) is 55.6 Å². The fourth-order valence-corrected chi connectivity index (χ4v) is 8.77. The Balaban J connectivity index is 4.25. The van der Waals surface area contributed by atoms with Gasteiger partial charge in [-0.15, -0.1) is 0 Å². The summed E-state index contributed by atoms with van der Waals surface area (Å²) in [5, 5.41) is 14.0. The van der Waals surface area contributed by atoms with Crippen molar-refractivity contribution < 1.29 is 32.9 Å². The number of phosphoric ester groups is 1. The van der Waals surface area contributed by atoms with Gasteiger partial charge in [0.15, 0.2) is 0 Å². The molecule has 9 heteroatoms. The summed E-state index contributed by atoms with van der Waals surface area (Å²) >= 11 is 0. The van der Waals surface area contributed by atoms with E-state index in [0.29, 0.717) is 23.9 Å². The number of hydrogen-bond donors (Lipinski definition) is 2. The van der Waals surface area contributed by atoms with Gasteiger partial charge in [-0.2, -0.15) is 0 Å². The Morgan fingerprint density at radius 2 is 0.906 bits per heavy atom. The summed E-state index contributed by atoms with van der Waals surface area (Å²) in [6.07, 6.45) is 58.7. The number of likely N-dealkylation sites (N-methyl/N-ethyl adjacent to an activating group) is 1. The predicted molar refractivity (Wildman–Crippen MR) is 275 cm³/mol. The first-order valence-corrected chi connectivity index (χ1v) is 28.8. The zero-order chi connectivity index (χ0) is 47.1. The molecule has 3 atom stereocenters. The molecule has 0 aromatic heterocycles. The molecule has 0 radical (unpaired) electrons. The van der Waals surface area contributed by atoms with Crippen molar-refractivity contribution in [3.63, 3.8) is 0 Å². The van der Waals surface area contributed by atoms with Crippen molar-refractivity contribution in [1.29, 1.82) is 0 Å². The average molecular weight is 923 g/mol. The van der Waals surface area contributed by atoms with Crippen molar-refractivity contribution in [2.75, 3.05) is 40.9 Å². The van der Waals surface area contributed by atoms with E-state index in [9.17, 15) is 19.4 Å². The third-order valence-corrected chi connectivity index (χ3v) is 13.3. The minimum absolute atomic E-state index is 0.00917. The van der Waals surface area contributed by atoms with Crippen molar-refractivity contribution >= 4 is 13.7 Å². The number of quaternary nitrogens is 1. The van der Waals surface area contributed by atoms with Crippen LogP contribution in [0, 0.1) is 0 Å². The molecule has 0 spiro atoms. The molecule has 3 unspecified atom stereocenters. The molecular formula is C55H107N2O6P. The normalized spacial score (nSPS) is 14.3. The SMILES string of the molecule is CCCCCCC/C=C\C/C=C\C/C=C\CCCCCCCCC(=O)NC(COP(=O)([O-])OCC[N+](C)(C)C)C(O)CCCCCCCCCCCCCCCCCCCCCCC. The Morgan fingerprint density at radius 1 is 0.547 bits per heavy atom. The van der Waals surface area contributed by atoms with Crippen molar-refractivity contribution in [3.8, 4) is 0 Å². The van der Waals surface area contributed by atoms with Gasteiger partial charge in [0.25, 0.3) is 7.82 Å². The summed E-state index contributed by atoms with van der Waals surface area (Å²) in [6, 6.07) is -0.808. The van der Waals surface area contributed by atoms with Gasteiger partial charge in [0, 0.05) is 6.42 Å². The van der Waals surface area contributed by atoms with E-state index in [-0.39, 0.29) is 19.1 Å². The highest BCUT2D eigenvalue weighted by molar-refractivity contribution is 7.45. The molecular weight excluding hydrogens is 816 g/mol. The maximum atomic E-state index is 13.0. The van der Waals surface area contributed by atoms with Crippen molar-refractivity contribution in [2.24, 2.45) is 0 Å². The van der Waals surface area contributed by atoms with Crippen LogP contribution in [-0.2, 0) is 18.4 Å². The van der Waals surface area contributed by atoms with Gasteiger partial charge < -0.3 is 28.8 Å².